The second kappa shape index (κ2) is 5.72. The van der Waals surface area contributed by atoms with Gasteiger partial charge in [-0.1, -0.05) is 22.0 Å². The van der Waals surface area contributed by atoms with Crippen LogP contribution in [0, 0.1) is 17.1 Å². The van der Waals surface area contributed by atoms with Gasteiger partial charge in [-0.05, 0) is 30.3 Å². The van der Waals surface area contributed by atoms with E-state index in [-0.39, 0.29) is 16.8 Å². The zero-order valence-electron chi connectivity index (χ0n) is 10.2. The monoisotopic (exact) mass is 333 g/mol. The highest BCUT2D eigenvalue weighted by Gasteiger charge is 2.14. The standard InChI is InChI=1S/C14H9BrFN3O/c15-8-4-5-12(18)9(6-8)14(20)19-13-3-1-2-11(16)10(13)7-17/h1-6H,18H2,(H,19,20). The number of hydrogen-bond donors (Lipinski definition) is 2. The lowest BCUT2D eigenvalue weighted by molar-refractivity contribution is 0.102. The molecule has 0 saturated carbocycles. The number of amides is 1. The van der Waals surface area contributed by atoms with Crippen molar-refractivity contribution in [1.82, 2.24) is 0 Å². The van der Waals surface area contributed by atoms with E-state index >= 15 is 0 Å². The van der Waals surface area contributed by atoms with Crippen LogP contribution < -0.4 is 11.1 Å². The van der Waals surface area contributed by atoms with Crippen molar-refractivity contribution >= 4 is 33.2 Å². The minimum atomic E-state index is -0.687. The molecule has 2 aromatic carbocycles. The maximum Gasteiger partial charge on any atom is 0.257 e. The van der Waals surface area contributed by atoms with Gasteiger partial charge in [0.25, 0.3) is 5.91 Å². The largest absolute Gasteiger partial charge is 0.398 e. The molecule has 0 atom stereocenters. The van der Waals surface area contributed by atoms with Crippen LogP contribution in [0.4, 0.5) is 15.8 Å². The lowest BCUT2D eigenvalue weighted by atomic mass is 10.1. The first-order valence-electron chi connectivity index (χ1n) is 5.58. The Morgan fingerprint density at radius 1 is 1.35 bits per heavy atom. The van der Waals surface area contributed by atoms with E-state index < -0.39 is 11.7 Å². The highest BCUT2D eigenvalue weighted by atomic mass is 79.9. The third kappa shape index (κ3) is 2.78. The fourth-order valence-corrected chi connectivity index (χ4v) is 2.02. The molecule has 0 bridgehead atoms. The van der Waals surface area contributed by atoms with Gasteiger partial charge in [-0.25, -0.2) is 4.39 Å². The van der Waals surface area contributed by atoms with E-state index in [0.717, 1.165) is 6.07 Å². The van der Waals surface area contributed by atoms with Crippen molar-refractivity contribution in [3.63, 3.8) is 0 Å². The van der Waals surface area contributed by atoms with E-state index in [9.17, 15) is 9.18 Å². The van der Waals surface area contributed by atoms with Crippen molar-refractivity contribution in [2.24, 2.45) is 0 Å². The summed E-state index contributed by atoms with van der Waals surface area (Å²) in [5.41, 5.74) is 6.15. The van der Waals surface area contributed by atoms with Gasteiger partial charge < -0.3 is 11.1 Å². The second-order valence-corrected chi connectivity index (χ2v) is 4.88. The molecule has 3 N–H and O–H groups in total. The molecule has 0 aliphatic carbocycles. The summed E-state index contributed by atoms with van der Waals surface area (Å²) in [6, 6.07) is 10.6. The Morgan fingerprint density at radius 3 is 2.80 bits per heavy atom. The molecule has 100 valence electrons. The molecular formula is C14H9BrFN3O. The summed E-state index contributed by atoms with van der Waals surface area (Å²) in [5, 5.41) is 11.4. The maximum atomic E-state index is 13.4. The van der Waals surface area contributed by atoms with Crippen LogP contribution in [0.1, 0.15) is 15.9 Å². The summed E-state index contributed by atoms with van der Waals surface area (Å²) in [7, 11) is 0. The molecule has 0 unspecified atom stereocenters. The first-order chi connectivity index (χ1) is 9.52. The summed E-state index contributed by atoms with van der Waals surface area (Å²) >= 11 is 3.24. The van der Waals surface area contributed by atoms with E-state index in [1.54, 1.807) is 24.3 Å². The number of nitrogens with zero attached hydrogens (tertiary/aromatic N) is 1. The number of carbonyl (C=O) groups excluding carboxylic acids is 1. The van der Waals surface area contributed by atoms with E-state index in [0.29, 0.717) is 10.2 Å². The van der Waals surface area contributed by atoms with Crippen LogP contribution in [0.5, 0.6) is 0 Å². The predicted molar refractivity (Wildman–Crippen MR) is 77.6 cm³/mol. The van der Waals surface area contributed by atoms with Crippen molar-refractivity contribution in [3.05, 3.63) is 57.8 Å². The summed E-state index contributed by atoms with van der Waals surface area (Å²) in [6.45, 7) is 0. The predicted octanol–water partition coefficient (Wildman–Crippen LogP) is 3.29. The van der Waals surface area contributed by atoms with Crippen LogP contribution in [-0.4, -0.2) is 5.91 Å². The van der Waals surface area contributed by atoms with Crippen molar-refractivity contribution in [2.75, 3.05) is 11.1 Å². The zero-order chi connectivity index (χ0) is 14.7. The Morgan fingerprint density at radius 2 is 2.10 bits per heavy atom. The Bertz CT molecular complexity index is 725. The quantitative estimate of drug-likeness (QED) is 0.827. The number of carbonyl (C=O) groups is 1. The van der Waals surface area contributed by atoms with Crippen molar-refractivity contribution in [2.45, 2.75) is 0 Å². The fourth-order valence-electron chi connectivity index (χ4n) is 1.66. The van der Waals surface area contributed by atoms with Gasteiger partial charge in [0.2, 0.25) is 0 Å². The number of nitrogens with one attached hydrogen (secondary N) is 1. The van der Waals surface area contributed by atoms with E-state index in [4.69, 9.17) is 11.0 Å². The SMILES string of the molecule is N#Cc1c(F)cccc1NC(=O)c1cc(Br)ccc1N. The van der Waals surface area contributed by atoms with E-state index in [1.807, 2.05) is 0 Å². The molecule has 0 heterocycles. The molecule has 1 amide bonds. The summed E-state index contributed by atoms with van der Waals surface area (Å²) < 4.78 is 14.1. The van der Waals surface area contributed by atoms with Crippen LogP contribution in [-0.2, 0) is 0 Å². The smallest absolute Gasteiger partial charge is 0.257 e. The minimum absolute atomic E-state index is 0.108. The normalized spacial score (nSPS) is 9.85. The number of halogens is 2. The summed E-state index contributed by atoms with van der Waals surface area (Å²) in [6.07, 6.45) is 0. The Balaban J connectivity index is 2.36. The van der Waals surface area contributed by atoms with Crippen LogP contribution >= 0.6 is 15.9 Å². The molecule has 4 nitrogen and oxygen atoms in total. The molecule has 0 fully saturated rings. The number of nitrogen functional groups attached to an aromatic ring is 1. The third-order valence-electron chi connectivity index (χ3n) is 2.63. The van der Waals surface area contributed by atoms with Gasteiger partial charge in [-0.2, -0.15) is 5.26 Å². The Hall–Kier alpha value is -2.39. The highest BCUT2D eigenvalue weighted by Crippen LogP contribution is 2.22. The number of nitrogens with two attached hydrogens (primary N) is 1. The summed E-state index contributed by atoms with van der Waals surface area (Å²) in [4.78, 5) is 12.1. The molecule has 20 heavy (non-hydrogen) atoms. The molecule has 0 aliphatic heterocycles. The van der Waals surface area contributed by atoms with Gasteiger partial charge in [-0.15, -0.1) is 0 Å². The van der Waals surface area contributed by atoms with E-state index in [1.165, 1.54) is 12.1 Å². The third-order valence-corrected chi connectivity index (χ3v) is 3.13. The number of nitriles is 1. The molecular weight excluding hydrogens is 325 g/mol. The lowest BCUT2D eigenvalue weighted by Crippen LogP contribution is -2.15. The van der Waals surface area contributed by atoms with Crippen molar-refractivity contribution in [1.29, 1.82) is 5.26 Å². The molecule has 0 aliphatic rings. The van der Waals surface area contributed by atoms with Gasteiger partial charge in [0.05, 0.1) is 11.3 Å². The molecule has 0 aromatic heterocycles. The van der Waals surface area contributed by atoms with Gasteiger partial charge in [0, 0.05) is 10.2 Å². The number of rotatable bonds is 2. The van der Waals surface area contributed by atoms with Gasteiger partial charge in [0.15, 0.2) is 0 Å². The first kappa shape index (κ1) is 14.0. The molecule has 0 saturated heterocycles. The zero-order valence-corrected chi connectivity index (χ0v) is 11.7. The van der Waals surface area contributed by atoms with Gasteiger partial charge in [0.1, 0.15) is 17.4 Å². The van der Waals surface area contributed by atoms with E-state index in [2.05, 4.69) is 21.2 Å². The van der Waals surface area contributed by atoms with Crippen LogP contribution in [0.25, 0.3) is 0 Å². The topological polar surface area (TPSA) is 78.9 Å². The van der Waals surface area contributed by atoms with Gasteiger partial charge in [-0.3, -0.25) is 4.79 Å². The molecule has 2 rings (SSSR count). The lowest BCUT2D eigenvalue weighted by Gasteiger charge is -2.09. The maximum absolute atomic E-state index is 13.4. The molecule has 6 heteroatoms. The highest BCUT2D eigenvalue weighted by molar-refractivity contribution is 9.10. The van der Waals surface area contributed by atoms with Gasteiger partial charge >= 0.3 is 0 Å². The van der Waals surface area contributed by atoms with Crippen LogP contribution in [0.3, 0.4) is 0 Å². The average molecular weight is 334 g/mol. The van der Waals surface area contributed by atoms with Crippen LogP contribution in [0.2, 0.25) is 0 Å². The molecule has 2 aromatic rings. The molecule has 0 spiro atoms. The van der Waals surface area contributed by atoms with Crippen molar-refractivity contribution in [3.8, 4) is 6.07 Å². The molecule has 0 radical (unpaired) electrons. The Kier molecular flexibility index (Phi) is 4.01. The average Bonchev–Trinajstić information content (AvgIpc) is 2.41. The second-order valence-electron chi connectivity index (χ2n) is 3.96. The first-order valence-corrected chi connectivity index (χ1v) is 6.37. The number of hydrogen-bond acceptors (Lipinski definition) is 3. The van der Waals surface area contributed by atoms with Crippen LogP contribution in [0.15, 0.2) is 40.9 Å². The number of anilines is 2. The Labute approximate surface area is 123 Å². The summed E-state index contributed by atoms with van der Waals surface area (Å²) in [5.74, 6) is -1.20. The fraction of sp³-hybridized carbons (Fsp3) is 0. The number of benzene rings is 2. The van der Waals surface area contributed by atoms with Crippen molar-refractivity contribution < 1.29 is 9.18 Å². The minimum Gasteiger partial charge on any atom is -0.398 e.